The van der Waals surface area contributed by atoms with Crippen molar-refractivity contribution in [2.45, 2.75) is 64.5 Å². The number of nitrogens with one attached hydrogen (secondary N) is 1. The van der Waals surface area contributed by atoms with Crippen LogP contribution in [0.3, 0.4) is 0 Å². The summed E-state index contributed by atoms with van der Waals surface area (Å²) in [6.45, 7) is 3.36. The van der Waals surface area contributed by atoms with Gasteiger partial charge in [0.25, 0.3) is 0 Å². The summed E-state index contributed by atoms with van der Waals surface area (Å²) < 4.78 is 0. The fraction of sp³-hybridized carbons (Fsp3) is 0.326. The Hall–Kier alpha value is -5.32. The molecule has 5 rings (SSSR count). The number of benzene rings is 4. The first-order chi connectivity index (χ1) is 25.8. The maximum absolute atomic E-state index is 14.5. The van der Waals surface area contributed by atoms with Crippen molar-refractivity contribution in [2.24, 2.45) is 17.6 Å². The lowest BCUT2D eigenvalue weighted by Crippen LogP contribution is -2.45. The lowest BCUT2D eigenvalue weighted by molar-refractivity contribution is -0.142. The molecule has 0 unspecified atom stereocenters. The Morgan fingerprint density at radius 1 is 0.870 bits per heavy atom. The van der Waals surface area contributed by atoms with Crippen LogP contribution in [0, 0.1) is 11.8 Å². The molecule has 1 aliphatic heterocycles. The molecular formula is C43H46ClN3O7. The fourth-order valence-electron chi connectivity index (χ4n) is 6.94. The number of amides is 2. The predicted molar refractivity (Wildman–Crippen MR) is 208 cm³/mol. The van der Waals surface area contributed by atoms with Gasteiger partial charge in [0.05, 0.1) is 6.04 Å². The molecule has 4 bridgehead atoms. The summed E-state index contributed by atoms with van der Waals surface area (Å²) in [5.41, 5.74) is 9.50. The highest BCUT2D eigenvalue weighted by Gasteiger charge is 2.36. The first kappa shape index (κ1) is 39.9. The highest BCUT2D eigenvalue weighted by atomic mass is 35.5. The SMILES string of the molecule is CC(=O)[C@@H]1Cc2ccc(O)c(c2)-c2cc(ccc2O)[C@H](N(C)C(=O)[C@H](CCCCN)CC(=O)c2ccc(-c3ccc(Cl)cc3)cc2)C(=O)C[C@@H](C)C(=O)N1. The van der Waals surface area contributed by atoms with Crippen LogP contribution in [0.5, 0.6) is 11.5 Å². The van der Waals surface area contributed by atoms with Crippen LogP contribution in [0.2, 0.25) is 5.02 Å². The molecule has 0 fully saturated rings. The maximum Gasteiger partial charge on any atom is 0.226 e. The molecule has 0 aromatic heterocycles. The average molecular weight is 752 g/mol. The van der Waals surface area contributed by atoms with Crippen LogP contribution in [0.4, 0.5) is 0 Å². The van der Waals surface area contributed by atoms with Crippen LogP contribution in [-0.4, -0.2) is 63.9 Å². The highest BCUT2D eigenvalue weighted by molar-refractivity contribution is 6.30. The number of hydrogen-bond donors (Lipinski definition) is 4. The third kappa shape index (κ3) is 9.42. The molecule has 1 heterocycles. The summed E-state index contributed by atoms with van der Waals surface area (Å²) in [6, 6.07) is 21.6. The average Bonchev–Trinajstić information content (AvgIpc) is 3.15. The van der Waals surface area contributed by atoms with E-state index in [9.17, 15) is 34.2 Å². The molecule has 2 amide bonds. The van der Waals surface area contributed by atoms with Gasteiger partial charge in [-0.3, -0.25) is 24.0 Å². The van der Waals surface area contributed by atoms with Crippen molar-refractivity contribution >= 4 is 40.8 Å². The predicted octanol–water partition coefficient (Wildman–Crippen LogP) is 6.83. The summed E-state index contributed by atoms with van der Waals surface area (Å²) in [6.07, 6.45) is 1.33. The maximum atomic E-state index is 14.5. The van der Waals surface area contributed by atoms with E-state index in [1.54, 1.807) is 49.4 Å². The van der Waals surface area contributed by atoms with Crippen molar-refractivity contribution in [1.29, 1.82) is 0 Å². The summed E-state index contributed by atoms with van der Waals surface area (Å²) in [7, 11) is 1.50. The topological polar surface area (TPSA) is 167 Å². The summed E-state index contributed by atoms with van der Waals surface area (Å²) in [4.78, 5) is 69.7. The van der Waals surface area contributed by atoms with E-state index in [4.69, 9.17) is 17.3 Å². The number of carbonyl (C=O) groups excluding carboxylic acids is 5. The van der Waals surface area contributed by atoms with E-state index in [0.29, 0.717) is 47.5 Å². The van der Waals surface area contributed by atoms with Crippen LogP contribution in [0.25, 0.3) is 22.3 Å². The Kier molecular flexibility index (Phi) is 13.0. The van der Waals surface area contributed by atoms with E-state index in [0.717, 1.165) is 11.1 Å². The minimum Gasteiger partial charge on any atom is -0.507 e. The fourth-order valence-corrected chi connectivity index (χ4v) is 7.06. The zero-order chi connectivity index (χ0) is 39.1. The van der Waals surface area contributed by atoms with Gasteiger partial charge in [0, 0.05) is 53.4 Å². The molecule has 4 aromatic rings. The molecule has 282 valence electrons. The number of fused-ring (bicyclic) bond motifs is 5. The largest absolute Gasteiger partial charge is 0.507 e. The molecule has 10 nitrogen and oxygen atoms in total. The number of likely N-dealkylation sites (N-methyl/N-ethyl adjacent to an activating group) is 1. The normalized spacial score (nSPS) is 17.9. The molecule has 11 heteroatoms. The number of carbonyl (C=O) groups is 5. The van der Waals surface area contributed by atoms with Gasteiger partial charge in [-0.2, -0.15) is 0 Å². The lowest BCUT2D eigenvalue weighted by atomic mass is 9.88. The van der Waals surface area contributed by atoms with Gasteiger partial charge in [0.15, 0.2) is 17.3 Å². The molecule has 0 saturated heterocycles. The number of aromatic hydroxyl groups is 2. The number of ketones is 3. The van der Waals surface area contributed by atoms with Gasteiger partial charge in [-0.05, 0) is 91.4 Å². The molecule has 54 heavy (non-hydrogen) atoms. The van der Waals surface area contributed by atoms with Gasteiger partial charge < -0.3 is 26.2 Å². The number of hydrogen-bond acceptors (Lipinski definition) is 8. The minimum absolute atomic E-state index is 0.109. The second kappa shape index (κ2) is 17.7. The third-order valence-electron chi connectivity index (χ3n) is 10.1. The van der Waals surface area contributed by atoms with Crippen LogP contribution in [0.15, 0.2) is 84.9 Å². The number of rotatable bonds is 11. The van der Waals surface area contributed by atoms with E-state index in [1.807, 2.05) is 24.3 Å². The molecule has 0 spiro atoms. The van der Waals surface area contributed by atoms with Crippen molar-refractivity contribution in [2.75, 3.05) is 13.6 Å². The molecule has 1 aliphatic rings. The molecule has 5 N–H and O–H groups in total. The Morgan fingerprint density at radius 2 is 1.48 bits per heavy atom. The first-order valence-corrected chi connectivity index (χ1v) is 18.5. The Balaban J connectivity index is 1.50. The molecule has 0 saturated carbocycles. The van der Waals surface area contributed by atoms with E-state index in [-0.39, 0.29) is 53.5 Å². The zero-order valence-corrected chi connectivity index (χ0v) is 31.4. The number of unbranched alkanes of at least 4 members (excludes halogenated alkanes) is 1. The van der Waals surface area contributed by atoms with E-state index < -0.39 is 41.5 Å². The van der Waals surface area contributed by atoms with Gasteiger partial charge in [0.1, 0.15) is 17.5 Å². The van der Waals surface area contributed by atoms with Crippen molar-refractivity contribution in [3.05, 3.63) is 107 Å². The number of nitrogens with two attached hydrogens (primary N) is 1. The van der Waals surface area contributed by atoms with Gasteiger partial charge >= 0.3 is 0 Å². The van der Waals surface area contributed by atoms with Crippen LogP contribution in [0.1, 0.15) is 73.5 Å². The van der Waals surface area contributed by atoms with Crippen molar-refractivity contribution in [3.8, 4) is 33.8 Å². The van der Waals surface area contributed by atoms with Gasteiger partial charge in [-0.1, -0.05) is 73.5 Å². The molecule has 4 atom stereocenters. The second-order valence-corrected chi connectivity index (χ2v) is 14.6. The molecule has 0 aliphatic carbocycles. The number of halogens is 1. The van der Waals surface area contributed by atoms with Gasteiger partial charge in [-0.25, -0.2) is 0 Å². The summed E-state index contributed by atoms with van der Waals surface area (Å²) >= 11 is 6.04. The van der Waals surface area contributed by atoms with E-state index in [1.165, 1.54) is 37.1 Å². The lowest BCUT2D eigenvalue weighted by Gasteiger charge is -2.32. The number of Topliss-reactive ketones (excluding diaryl/α,β-unsaturated/α-hetero) is 3. The number of phenolic OH excluding ortho intramolecular Hbond substituents is 2. The standard InChI is InChI=1S/C43H46ClN3O7/c1-25-20-40(52)41(31-14-18-38(50)35(23-31)34-21-27(7-17-37(34)49)22-36(26(2)48)46-42(25)53)47(3)43(54)32(6-4-5-19-45)24-39(51)30-10-8-28(9-11-30)29-12-15-33(44)16-13-29/h7-18,21,23,25,32,36,41,49-50H,4-6,19-20,22,24,45H2,1-3H3,(H,46,53)/t25-,32-,36+,41+/m1/s1. The zero-order valence-electron chi connectivity index (χ0n) is 30.7. The Labute approximate surface area is 320 Å². The number of nitrogens with zero attached hydrogens (tertiary/aromatic N) is 1. The Bertz CT molecular complexity index is 2030. The summed E-state index contributed by atoms with van der Waals surface area (Å²) in [5.74, 6) is -3.87. The smallest absolute Gasteiger partial charge is 0.226 e. The van der Waals surface area contributed by atoms with Crippen LogP contribution < -0.4 is 11.1 Å². The van der Waals surface area contributed by atoms with E-state index in [2.05, 4.69) is 5.32 Å². The third-order valence-corrected chi connectivity index (χ3v) is 10.4. The monoisotopic (exact) mass is 751 g/mol. The molecule has 0 radical (unpaired) electrons. The first-order valence-electron chi connectivity index (χ1n) is 18.1. The van der Waals surface area contributed by atoms with E-state index >= 15 is 0 Å². The quantitative estimate of drug-likeness (QED) is 0.0956. The van der Waals surface area contributed by atoms with Gasteiger partial charge in [-0.15, -0.1) is 0 Å². The molecular weight excluding hydrogens is 706 g/mol. The van der Waals surface area contributed by atoms with Crippen LogP contribution >= 0.6 is 11.6 Å². The van der Waals surface area contributed by atoms with Crippen molar-refractivity contribution in [3.63, 3.8) is 0 Å². The second-order valence-electron chi connectivity index (χ2n) is 14.1. The van der Waals surface area contributed by atoms with Gasteiger partial charge in [0.2, 0.25) is 11.8 Å². The Morgan fingerprint density at radius 3 is 2.11 bits per heavy atom. The van der Waals surface area contributed by atoms with Crippen molar-refractivity contribution < 1.29 is 34.2 Å². The number of phenols is 2. The van der Waals surface area contributed by atoms with Crippen LogP contribution in [-0.2, 0) is 25.6 Å². The highest BCUT2D eigenvalue weighted by Crippen LogP contribution is 2.39. The van der Waals surface area contributed by atoms with Crippen molar-refractivity contribution in [1.82, 2.24) is 10.2 Å². The minimum atomic E-state index is -1.21. The molecule has 4 aromatic carbocycles. The summed E-state index contributed by atoms with van der Waals surface area (Å²) in [5, 5.41) is 25.3.